The molecule has 0 spiro atoms. The molecular formula is C20H19N7O2S. The first kappa shape index (κ1) is 19.6. The molecule has 152 valence electrons. The molecule has 0 saturated carbocycles. The van der Waals surface area contributed by atoms with Crippen molar-refractivity contribution in [3.63, 3.8) is 0 Å². The molecule has 0 radical (unpaired) electrons. The zero-order valence-electron chi connectivity index (χ0n) is 16.4. The fourth-order valence-electron chi connectivity index (χ4n) is 2.89. The minimum Gasteiger partial charge on any atom is -0.453 e. The minimum absolute atomic E-state index is 0.0317. The normalized spacial score (nSPS) is 10.9. The highest BCUT2D eigenvalue weighted by molar-refractivity contribution is 7.98. The largest absolute Gasteiger partial charge is 0.453 e. The number of imidazole rings is 1. The summed E-state index contributed by atoms with van der Waals surface area (Å²) in [4.78, 5) is 29.5. The number of nitrogen functional groups attached to an aromatic ring is 1. The van der Waals surface area contributed by atoms with Gasteiger partial charge in [0.2, 0.25) is 11.9 Å². The number of para-hydroxylation sites is 1. The van der Waals surface area contributed by atoms with Crippen molar-refractivity contribution >= 4 is 40.8 Å². The SMILES string of the molecule is CSc1nc(C(=O)OCc2nc(N)nc(Nc3ccccc3C)n2)c2ccccn12. The summed E-state index contributed by atoms with van der Waals surface area (Å²) >= 11 is 1.44. The molecular weight excluding hydrogens is 402 g/mol. The van der Waals surface area contributed by atoms with E-state index in [1.54, 1.807) is 0 Å². The maximum Gasteiger partial charge on any atom is 0.359 e. The number of carbonyl (C=O) groups is 1. The van der Waals surface area contributed by atoms with Gasteiger partial charge in [-0.15, -0.1) is 0 Å². The van der Waals surface area contributed by atoms with E-state index in [1.807, 2.05) is 66.2 Å². The zero-order chi connectivity index (χ0) is 21.1. The van der Waals surface area contributed by atoms with Gasteiger partial charge in [0.05, 0.1) is 5.52 Å². The second-order valence-corrected chi connectivity index (χ2v) is 7.13. The molecule has 1 aromatic carbocycles. The molecule has 30 heavy (non-hydrogen) atoms. The lowest BCUT2D eigenvalue weighted by atomic mass is 10.2. The molecule has 3 heterocycles. The van der Waals surface area contributed by atoms with E-state index < -0.39 is 5.97 Å². The van der Waals surface area contributed by atoms with Crippen molar-refractivity contribution in [2.75, 3.05) is 17.3 Å². The molecule has 0 bridgehead atoms. The summed E-state index contributed by atoms with van der Waals surface area (Å²) in [7, 11) is 0. The van der Waals surface area contributed by atoms with E-state index in [9.17, 15) is 4.79 Å². The molecule has 0 aliphatic rings. The Kier molecular flexibility index (Phi) is 5.48. The van der Waals surface area contributed by atoms with Crippen molar-refractivity contribution in [3.05, 3.63) is 65.7 Å². The Morgan fingerprint density at radius 3 is 2.73 bits per heavy atom. The Labute approximate surface area is 176 Å². The van der Waals surface area contributed by atoms with Gasteiger partial charge in [0.1, 0.15) is 0 Å². The lowest BCUT2D eigenvalue weighted by Gasteiger charge is -2.09. The number of thioether (sulfide) groups is 1. The molecule has 0 atom stereocenters. The third-order valence-corrected chi connectivity index (χ3v) is 4.97. The number of nitrogens with two attached hydrogens (primary N) is 1. The number of anilines is 3. The monoisotopic (exact) mass is 421 g/mol. The molecule has 0 aliphatic carbocycles. The van der Waals surface area contributed by atoms with E-state index in [4.69, 9.17) is 10.5 Å². The fraction of sp³-hybridized carbons (Fsp3) is 0.150. The average Bonchev–Trinajstić information content (AvgIpc) is 3.12. The smallest absolute Gasteiger partial charge is 0.359 e. The summed E-state index contributed by atoms with van der Waals surface area (Å²) in [5.41, 5.74) is 8.59. The highest BCUT2D eigenvalue weighted by Gasteiger charge is 2.19. The molecule has 0 amide bonds. The summed E-state index contributed by atoms with van der Waals surface area (Å²) < 4.78 is 7.24. The van der Waals surface area contributed by atoms with E-state index in [0.717, 1.165) is 11.3 Å². The number of hydrogen-bond acceptors (Lipinski definition) is 9. The van der Waals surface area contributed by atoms with Gasteiger partial charge in [-0.1, -0.05) is 36.0 Å². The number of benzene rings is 1. The van der Waals surface area contributed by atoms with Gasteiger partial charge in [-0.05, 0) is 36.9 Å². The average molecular weight is 421 g/mol. The van der Waals surface area contributed by atoms with Crippen LogP contribution in [0.5, 0.6) is 0 Å². The summed E-state index contributed by atoms with van der Waals surface area (Å²) in [6.45, 7) is 1.81. The minimum atomic E-state index is -0.564. The van der Waals surface area contributed by atoms with Crippen molar-refractivity contribution in [1.82, 2.24) is 24.3 Å². The molecule has 0 fully saturated rings. The summed E-state index contributed by atoms with van der Waals surface area (Å²) in [6, 6.07) is 13.2. The highest BCUT2D eigenvalue weighted by atomic mass is 32.2. The number of nitrogens with one attached hydrogen (secondary N) is 1. The molecule has 0 unspecified atom stereocenters. The van der Waals surface area contributed by atoms with Crippen molar-refractivity contribution in [1.29, 1.82) is 0 Å². The van der Waals surface area contributed by atoms with Crippen LogP contribution in [0.25, 0.3) is 5.52 Å². The number of hydrogen-bond donors (Lipinski definition) is 2. The van der Waals surface area contributed by atoms with Gasteiger partial charge in [-0.3, -0.25) is 4.40 Å². The molecule has 3 aromatic heterocycles. The van der Waals surface area contributed by atoms with Crippen LogP contribution in [0.3, 0.4) is 0 Å². The number of rotatable bonds is 6. The first-order chi connectivity index (χ1) is 14.5. The molecule has 10 heteroatoms. The number of aromatic nitrogens is 5. The number of ether oxygens (including phenoxy) is 1. The molecule has 3 N–H and O–H groups in total. The topological polar surface area (TPSA) is 120 Å². The van der Waals surface area contributed by atoms with Crippen LogP contribution in [0.1, 0.15) is 21.9 Å². The molecule has 0 aliphatic heterocycles. The third kappa shape index (κ3) is 4.03. The van der Waals surface area contributed by atoms with Gasteiger partial charge in [-0.2, -0.15) is 15.0 Å². The molecule has 9 nitrogen and oxygen atoms in total. The van der Waals surface area contributed by atoms with Gasteiger partial charge in [-0.25, -0.2) is 9.78 Å². The molecule has 4 aromatic rings. The van der Waals surface area contributed by atoms with Gasteiger partial charge in [0.15, 0.2) is 23.3 Å². The Bertz CT molecular complexity index is 1220. The van der Waals surface area contributed by atoms with Crippen molar-refractivity contribution < 1.29 is 9.53 Å². The third-order valence-electron chi connectivity index (χ3n) is 4.31. The Hall–Kier alpha value is -3.66. The van der Waals surface area contributed by atoms with Crippen LogP contribution in [0.15, 0.2) is 53.8 Å². The van der Waals surface area contributed by atoms with Gasteiger partial charge in [0.25, 0.3) is 0 Å². The van der Waals surface area contributed by atoms with Gasteiger partial charge >= 0.3 is 5.97 Å². The summed E-state index contributed by atoms with van der Waals surface area (Å²) in [6.07, 6.45) is 3.74. The van der Waals surface area contributed by atoms with Crippen LogP contribution in [-0.4, -0.2) is 36.6 Å². The van der Waals surface area contributed by atoms with Crippen LogP contribution in [0.4, 0.5) is 17.6 Å². The number of nitrogens with zero attached hydrogens (tertiary/aromatic N) is 5. The van der Waals surface area contributed by atoms with E-state index in [-0.39, 0.29) is 30.0 Å². The number of esters is 1. The second kappa shape index (κ2) is 8.37. The number of fused-ring (bicyclic) bond motifs is 1. The van der Waals surface area contributed by atoms with Crippen LogP contribution in [0, 0.1) is 6.92 Å². The Balaban J connectivity index is 1.52. The molecule has 4 rings (SSSR count). The van der Waals surface area contributed by atoms with Gasteiger partial charge < -0.3 is 15.8 Å². The Morgan fingerprint density at radius 2 is 1.93 bits per heavy atom. The lowest BCUT2D eigenvalue weighted by Crippen LogP contribution is -2.12. The van der Waals surface area contributed by atoms with Crippen LogP contribution >= 0.6 is 11.8 Å². The number of carbonyl (C=O) groups excluding carboxylic acids is 1. The van der Waals surface area contributed by atoms with E-state index in [1.165, 1.54) is 11.8 Å². The van der Waals surface area contributed by atoms with Crippen LogP contribution in [-0.2, 0) is 11.3 Å². The van der Waals surface area contributed by atoms with Crippen LogP contribution < -0.4 is 11.1 Å². The number of aryl methyl sites for hydroxylation is 1. The summed E-state index contributed by atoms with van der Waals surface area (Å²) in [5, 5.41) is 3.81. The van der Waals surface area contributed by atoms with E-state index >= 15 is 0 Å². The fourth-order valence-corrected chi connectivity index (χ4v) is 3.43. The van der Waals surface area contributed by atoms with Crippen molar-refractivity contribution in [2.45, 2.75) is 18.7 Å². The van der Waals surface area contributed by atoms with Gasteiger partial charge in [0, 0.05) is 11.9 Å². The standard InChI is InChI=1S/C20H19N7O2S/c1-12-7-3-4-8-13(12)22-19-24-15(23-18(21)26-19)11-29-17(28)16-14-9-5-6-10-27(14)20(25-16)30-2/h3-10H,11H2,1-2H3,(H3,21,22,23,24,26). The van der Waals surface area contributed by atoms with Crippen LogP contribution in [0.2, 0.25) is 0 Å². The highest BCUT2D eigenvalue weighted by Crippen LogP contribution is 2.21. The predicted molar refractivity (Wildman–Crippen MR) is 115 cm³/mol. The summed E-state index contributed by atoms with van der Waals surface area (Å²) in [5.74, 6) is -0.0175. The predicted octanol–water partition coefficient (Wildman–Crippen LogP) is 3.23. The quantitative estimate of drug-likeness (QED) is 0.357. The van der Waals surface area contributed by atoms with E-state index in [0.29, 0.717) is 10.7 Å². The lowest BCUT2D eigenvalue weighted by molar-refractivity contribution is 0.0458. The van der Waals surface area contributed by atoms with Crippen molar-refractivity contribution in [3.8, 4) is 0 Å². The molecule has 0 saturated heterocycles. The first-order valence-electron chi connectivity index (χ1n) is 9.06. The Morgan fingerprint density at radius 1 is 1.13 bits per heavy atom. The zero-order valence-corrected chi connectivity index (χ0v) is 17.2. The van der Waals surface area contributed by atoms with Crippen molar-refractivity contribution in [2.24, 2.45) is 0 Å². The second-order valence-electron chi connectivity index (χ2n) is 6.35. The number of pyridine rings is 1. The maximum atomic E-state index is 12.6. The first-order valence-corrected chi connectivity index (χ1v) is 10.3. The van der Waals surface area contributed by atoms with E-state index in [2.05, 4.69) is 25.3 Å². The maximum absolute atomic E-state index is 12.6.